The molecule has 0 amide bonds. The summed E-state index contributed by atoms with van der Waals surface area (Å²) < 4.78 is 5.89. The van der Waals surface area contributed by atoms with Crippen LogP contribution in [0.3, 0.4) is 0 Å². The summed E-state index contributed by atoms with van der Waals surface area (Å²) in [5.41, 5.74) is 2.01. The highest BCUT2D eigenvalue weighted by Gasteiger charge is 2.70. The fourth-order valence-corrected chi connectivity index (χ4v) is 9.88. The van der Waals surface area contributed by atoms with Crippen LogP contribution in [0.2, 0.25) is 0 Å². The molecule has 2 N–H and O–H groups in total. The minimum atomic E-state index is -0.924. The summed E-state index contributed by atoms with van der Waals surface area (Å²) in [5.74, 6) is 0.0759. The van der Waals surface area contributed by atoms with Crippen molar-refractivity contribution < 1.29 is 24.5 Å². The second-order valence-corrected chi connectivity index (χ2v) is 13.6. The molecule has 0 aromatic carbocycles. The smallest absolute Gasteiger partial charge is 0.331 e. The molecular formula is C31H48O5. The van der Waals surface area contributed by atoms with Crippen LogP contribution in [-0.2, 0) is 14.3 Å². The van der Waals surface area contributed by atoms with Gasteiger partial charge in [-0.05, 0) is 104 Å². The van der Waals surface area contributed by atoms with Crippen molar-refractivity contribution >= 4 is 11.9 Å². The number of esters is 1. The van der Waals surface area contributed by atoms with E-state index in [0.29, 0.717) is 43.1 Å². The predicted octanol–water partition coefficient (Wildman–Crippen LogP) is 6.70. The highest BCUT2D eigenvalue weighted by molar-refractivity contribution is 5.88. The number of hydrogen-bond donors (Lipinski definition) is 2. The van der Waals surface area contributed by atoms with Crippen LogP contribution in [0.4, 0.5) is 0 Å². The quantitative estimate of drug-likeness (QED) is 0.249. The van der Waals surface area contributed by atoms with Gasteiger partial charge < -0.3 is 14.9 Å². The third-order valence-corrected chi connectivity index (χ3v) is 11.4. The number of aliphatic hydroxyl groups excluding tert-OH is 1. The summed E-state index contributed by atoms with van der Waals surface area (Å²) >= 11 is 0. The van der Waals surface area contributed by atoms with Gasteiger partial charge in [0.05, 0.1) is 6.10 Å². The Hall–Kier alpha value is -1.62. The molecule has 4 aliphatic carbocycles. The second-order valence-electron chi connectivity index (χ2n) is 13.6. The molecule has 4 aliphatic rings. The van der Waals surface area contributed by atoms with E-state index in [9.17, 15) is 19.8 Å². The average molecular weight is 501 g/mol. The molecule has 0 aromatic heterocycles. The van der Waals surface area contributed by atoms with E-state index in [1.807, 2.05) is 13.8 Å². The molecule has 9 atom stereocenters. The molecule has 4 rings (SSSR count). The molecule has 0 aliphatic heterocycles. The van der Waals surface area contributed by atoms with Crippen LogP contribution >= 0.6 is 0 Å². The number of ether oxygens (including phenoxy) is 1. The molecule has 5 nitrogen and oxygen atoms in total. The van der Waals surface area contributed by atoms with Gasteiger partial charge in [-0.1, -0.05) is 52.2 Å². The number of carboxylic acids is 1. The molecule has 0 radical (unpaired) electrons. The van der Waals surface area contributed by atoms with E-state index in [2.05, 4.69) is 33.8 Å². The lowest BCUT2D eigenvalue weighted by Gasteiger charge is -2.68. The van der Waals surface area contributed by atoms with E-state index in [4.69, 9.17) is 4.74 Å². The number of aliphatic carboxylic acids is 1. The van der Waals surface area contributed by atoms with E-state index in [1.165, 1.54) is 19.8 Å². The summed E-state index contributed by atoms with van der Waals surface area (Å²) in [6, 6.07) is 0. The van der Waals surface area contributed by atoms with Gasteiger partial charge in [-0.15, -0.1) is 0 Å². The average Bonchev–Trinajstić information content (AvgIpc) is 3.02. The summed E-state index contributed by atoms with van der Waals surface area (Å²) in [6.45, 7) is 15.0. The van der Waals surface area contributed by atoms with Crippen LogP contribution in [0.5, 0.6) is 0 Å². The SMILES string of the molecule is CC(=O)O[C@H]1C[C@@]2(C)[C@@H](C[C@@H](O)[C@H]3[C@@]4(C)CCC[C@@H](C)C4CC[C@@]32C)/C1=C(\CCC=C(C)C)C(=O)O. The van der Waals surface area contributed by atoms with Gasteiger partial charge in [-0.2, -0.15) is 0 Å². The van der Waals surface area contributed by atoms with Crippen LogP contribution in [0.1, 0.15) is 106 Å². The van der Waals surface area contributed by atoms with Crippen molar-refractivity contribution in [3.05, 3.63) is 22.8 Å². The minimum Gasteiger partial charge on any atom is -0.478 e. The van der Waals surface area contributed by atoms with Crippen LogP contribution in [-0.4, -0.2) is 34.4 Å². The molecule has 5 heteroatoms. The molecule has 0 bridgehead atoms. The summed E-state index contributed by atoms with van der Waals surface area (Å²) in [7, 11) is 0. The van der Waals surface area contributed by atoms with E-state index >= 15 is 0 Å². The summed E-state index contributed by atoms with van der Waals surface area (Å²) in [4.78, 5) is 24.8. The monoisotopic (exact) mass is 500 g/mol. The number of carbonyl (C=O) groups excluding carboxylic acids is 1. The zero-order chi connectivity index (χ0) is 26.6. The molecule has 36 heavy (non-hydrogen) atoms. The lowest BCUT2D eigenvalue weighted by Crippen LogP contribution is -2.64. The third kappa shape index (κ3) is 4.18. The standard InChI is InChI=1S/C31H48O5/c1-18(2)10-8-12-21(28(34)35)26-23-16-24(33)27-29(5)14-9-11-19(3)22(29)13-15-30(27,6)31(23,7)17-25(26)36-20(4)32/h10,19,22-25,27,33H,8-9,11-17H2,1-7H3,(H,34,35)/b26-21-/t19-,22?,23+,24-,25+,27+,29+,30+,31+/m1/s1. The largest absolute Gasteiger partial charge is 0.478 e. The van der Waals surface area contributed by atoms with Crippen LogP contribution in [0.25, 0.3) is 0 Å². The zero-order valence-electron chi connectivity index (χ0n) is 23.5. The van der Waals surface area contributed by atoms with Gasteiger partial charge in [0, 0.05) is 12.5 Å². The van der Waals surface area contributed by atoms with Gasteiger partial charge in [0.2, 0.25) is 0 Å². The maximum Gasteiger partial charge on any atom is 0.331 e. The summed E-state index contributed by atoms with van der Waals surface area (Å²) in [6.07, 6.45) is 9.13. The third-order valence-electron chi connectivity index (χ3n) is 11.4. The number of hydrogen-bond acceptors (Lipinski definition) is 4. The Kier molecular flexibility index (Phi) is 7.31. The molecule has 0 saturated heterocycles. The predicted molar refractivity (Wildman–Crippen MR) is 141 cm³/mol. The van der Waals surface area contributed by atoms with Gasteiger partial charge in [0.15, 0.2) is 0 Å². The topological polar surface area (TPSA) is 83.8 Å². The van der Waals surface area contributed by atoms with Gasteiger partial charge in [-0.25, -0.2) is 4.79 Å². The Morgan fingerprint density at radius 2 is 1.78 bits per heavy atom. The first-order valence-electron chi connectivity index (χ1n) is 14.2. The first kappa shape index (κ1) is 27.4. The number of fused-ring (bicyclic) bond motifs is 5. The lowest BCUT2D eigenvalue weighted by molar-refractivity contribution is -0.225. The number of rotatable bonds is 5. The fourth-order valence-electron chi connectivity index (χ4n) is 9.88. The maximum atomic E-state index is 12.6. The van der Waals surface area contributed by atoms with Gasteiger partial charge in [0.25, 0.3) is 0 Å². The second kappa shape index (κ2) is 9.60. The number of carboxylic acid groups (broad SMARTS) is 1. The molecule has 0 aromatic rings. The Morgan fingerprint density at radius 3 is 2.39 bits per heavy atom. The zero-order valence-corrected chi connectivity index (χ0v) is 23.5. The Labute approximate surface area is 217 Å². The summed E-state index contributed by atoms with van der Waals surface area (Å²) in [5, 5.41) is 22.2. The number of allylic oxidation sites excluding steroid dienone is 2. The van der Waals surface area contributed by atoms with Crippen molar-refractivity contribution in [1.29, 1.82) is 0 Å². The van der Waals surface area contributed by atoms with Crippen molar-refractivity contribution in [1.82, 2.24) is 0 Å². The van der Waals surface area contributed by atoms with E-state index in [-0.39, 0.29) is 34.1 Å². The van der Waals surface area contributed by atoms with Crippen molar-refractivity contribution in [3.63, 3.8) is 0 Å². The molecule has 1 unspecified atom stereocenters. The molecule has 4 fully saturated rings. The van der Waals surface area contributed by atoms with Gasteiger partial charge >= 0.3 is 11.9 Å². The number of carbonyl (C=O) groups is 2. The lowest BCUT2D eigenvalue weighted by atomic mass is 9.36. The Balaban J connectivity index is 1.83. The maximum absolute atomic E-state index is 12.6. The van der Waals surface area contributed by atoms with Crippen molar-refractivity contribution in [2.24, 2.45) is 39.9 Å². The van der Waals surface area contributed by atoms with Crippen molar-refractivity contribution in [2.75, 3.05) is 0 Å². The Morgan fingerprint density at radius 1 is 1.08 bits per heavy atom. The molecular weight excluding hydrogens is 452 g/mol. The van der Waals surface area contributed by atoms with Crippen molar-refractivity contribution in [3.8, 4) is 0 Å². The van der Waals surface area contributed by atoms with Gasteiger partial charge in [0.1, 0.15) is 6.10 Å². The molecule has 0 heterocycles. The van der Waals surface area contributed by atoms with Gasteiger partial charge in [-0.3, -0.25) is 4.79 Å². The molecule has 202 valence electrons. The van der Waals surface area contributed by atoms with Crippen molar-refractivity contribution in [2.45, 2.75) is 118 Å². The van der Waals surface area contributed by atoms with E-state index < -0.39 is 18.2 Å². The van der Waals surface area contributed by atoms with E-state index in [1.54, 1.807) is 0 Å². The fraction of sp³-hybridized carbons (Fsp3) is 0.806. The van der Waals surface area contributed by atoms with Crippen LogP contribution < -0.4 is 0 Å². The first-order valence-corrected chi connectivity index (χ1v) is 14.2. The number of aliphatic hydroxyl groups is 1. The van der Waals surface area contributed by atoms with E-state index in [0.717, 1.165) is 30.4 Å². The highest BCUT2D eigenvalue weighted by atomic mass is 16.5. The molecule has 4 saturated carbocycles. The normalized spacial score (nSPS) is 45.1. The minimum absolute atomic E-state index is 0.0839. The van der Waals surface area contributed by atoms with Crippen LogP contribution in [0.15, 0.2) is 22.8 Å². The first-order chi connectivity index (χ1) is 16.8. The Bertz CT molecular complexity index is 960. The highest BCUT2D eigenvalue weighted by Crippen LogP contribution is 2.74. The van der Waals surface area contributed by atoms with Crippen LogP contribution in [0, 0.1) is 39.9 Å². The molecule has 0 spiro atoms.